The van der Waals surface area contributed by atoms with Gasteiger partial charge in [0, 0.05) is 32.7 Å². The van der Waals surface area contributed by atoms with Crippen LogP contribution in [0.25, 0.3) is 0 Å². The Morgan fingerprint density at radius 2 is 1.73 bits per heavy atom. The van der Waals surface area contributed by atoms with Gasteiger partial charge in [0.1, 0.15) is 0 Å². The standard InChI is InChI=1S/C12H24N2O/c1-2-5-13-6-8-14(9-7-13)10-12(15)11-3-4-11/h11-12,15H,2-10H2,1H3. The van der Waals surface area contributed by atoms with E-state index in [0.29, 0.717) is 5.92 Å². The average molecular weight is 212 g/mol. The molecular formula is C12H24N2O. The molecular weight excluding hydrogens is 188 g/mol. The van der Waals surface area contributed by atoms with Crippen LogP contribution in [-0.2, 0) is 0 Å². The normalized spacial score (nSPS) is 26.8. The molecule has 0 radical (unpaired) electrons. The Morgan fingerprint density at radius 3 is 2.27 bits per heavy atom. The lowest BCUT2D eigenvalue weighted by atomic mass is 10.2. The number of aliphatic hydroxyl groups excluding tert-OH is 1. The Labute approximate surface area is 93.1 Å². The Balaban J connectivity index is 1.64. The molecule has 1 heterocycles. The maximum Gasteiger partial charge on any atom is 0.0695 e. The van der Waals surface area contributed by atoms with Gasteiger partial charge in [-0.2, -0.15) is 0 Å². The van der Waals surface area contributed by atoms with E-state index in [1.165, 1.54) is 38.9 Å². The molecule has 2 fully saturated rings. The summed E-state index contributed by atoms with van der Waals surface area (Å²) in [5.41, 5.74) is 0. The summed E-state index contributed by atoms with van der Waals surface area (Å²) >= 11 is 0. The molecule has 1 saturated carbocycles. The van der Waals surface area contributed by atoms with E-state index in [9.17, 15) is 5.11 Å². The van der Waals surface area contributed by atoms with Crippen LogP contribution in [0.2, 0.25) is 0 Å². The van der Waals surface area contributed by atoms with E-state index in [1.54, 1.807) is 0 Å². The third kappa shape index (κ3) is 3.44. The summed E-state index contributed by atoms with van der Waals surface area (Å²) in [4.78, 5) is 4.95. The molecule has 0 amide bonds. The van der Waals surface area contributed by atoms with Crippen molar-refractivity contribution in [2.45, 2.75) is 32.3 Å². The molecule has 1 aliphatic heterocycles. The van der Waals surface area contributed by atoms with Gasteiger partial charge < -0.3 is 10.0 Å². The largest absolute Gasteiger partial charge is 0.392 e. The topological polar surface area (TPSA) is 26.7 Å². The lowest BCUT2D eigenvalue weighted by Crippen LogP contribution is -2.48. The summed E-state index contributed by atoms with van der Waals surface area (Å²) in [6, 6.07) is 0. The second-order valence-corrected chi connectivity index (χ2v) is 5.05. The number of nitrogens with zero attached hydrogens (tertiary/aromatic N) is 2. The summed E-state index contributed by atoms with van der Waals surface area (Å²) < 4.78 is 0. The van der Waals surface area contributed by atoms with Crippen molar-refractivity contribution in [1.29, 1.82) is 0 Å². The Kier molecular flexibility index (Phi) is 4.00. The predicted octanol–water partition coefficient (Wildman–Crippen LogP) is 0.785. The quantitative estimate of drug-likeness (QED) is 0.730. The van der Waals surface area contributed by atoms with E-state index in [-0.39, 0.29) is 6.10 Å². The monoisotopic (exact) mass is 212 g/mol. The van der Waals surface area contributed by atoms with Crippen molar-refractivity contribution in [3.8, 4) is 0 Å². The van der Waals surface area contributed by atoms with Crippen LogP contribution in [-0.4, -0.2) is 60.3 Å². The number of rotatable bonds is 5. The second-order valence-electron chi connectivity index (χ2n) is 5.05. The third-order valence-electron chi connectivity index (χ3n) is 3.62. The van der Waals surface area contributed by atoms with Crippen molar-refractivity contribution in [1.82, 2.24) is 9.80 Å². The maximum atomic E-state index is 9.86. The molecule has 0 aromatic carbocycles. The van der Waals surface area contributed by atoms with Gasteiger partial charge in [-0.3, -0.25) is 4.90 Å². The van der Waals surface area contributed by atoms with Crippen molar-refractivity contribution < 1.29 is 5.11 Å². The summed E-state index contributed by atoms with van der Waals surface area (Å²) in [5, 5.41) is 9.86. The molecule has 1 aliphatic carbocycles. The molecule has 1 saturated heterocycles. The van der Waals surface area contributed by atoms with Gasteiger partial charge >= 0.3 is 0 Å². The van der Waals surface area contributed by atoms with Gasteiger partial charge in [0.2, 0.25) is 0 Å². The highest BCUT2D eigenvalue weighted by molar-refractivity contribution is 4.84. The zero-order valence-corrected chi connectivity index (χ0v) is 9.86. The van der Waals surface area contributed by atoms with Crippen molar-refractivity contribution in [2.75, 3.05) is 39.3 Å². The zero-order chi connectivity index (χ0) is 10.7. The van der Waals surface area contributed by atoms with Gasteiger partial charge in [-0.05, 0) is 31.7 Å². The Hall–Kier alpha value is -0.120. The molecule has 1 unspecified atom stereocenters. The van der Waals surface area contributed by atoms with Gasteiger partial charge in [-0.15, -0.1) is 0 Å². The zero-order valence-electron chi connectivity index (χ0n) is 9.86. The van der Waals surface area contributed by atoms with Crippen molar-refractivity contribution >= 4 is 0 Å². The number of β-amino-alcohol motifs (C(OH)–C–C–N with tert-alkyl or cyclic N) is 1. The van der Waals surface area contributed by atoms with Crippen LogP contribution in [0.15, 0.2) is 0 Å². The summed E-state index contributed by atoms with van der Waals surface area (Å²) in [7, 11) is 0. The first kappa shape index (κ1) is 11.4. The molecule has 15 heavy (non-hydrogen) atoms. The molecule has 1 atom stereocenters. The Bertz CT molecular complexity index is 186. The first-order chi connectivity index (χ1) is 7.29. The van der Waals surface area contributed by atoms with E-state index >= 15 is 0 Å². The minimum absolute atomic E-state index is 0.0530. The van der Waals surface area contributed by atoms with E-state index < -0.39 is 0 Å². The summed E-state index contributed by atoms with van der Waals surface area (Å²) in [6.45, 7) is 9.04. The molecule has 2 rings (SSSR count). The molecule has 1 N–H and O–H groups in total. The fraction of sp³-hybridized carbons (Fsp3) is 1.00. The first-order valence-electron chi connectivity index (χ1n) is 6.42. The third-order valence-corrected chi connectivity index (χ3v) is 3.62. The number of aliphatic hydroxyl groups is 1. The fourth-order valence-electron chi connectivity index (χ4n) is 2.41. The van der Waals surface area contributed by atoms with Gasteiger partial charge in [0.05, 0.1) is 6.10 Å². The van der Waals surface area contributed by atoms with Crippen LogP contribution >= 0.6 is 0 Å². The molecule has 88 valence electrons. The molecule has 0 aromatic heterocycles. The molecule has 2 aliphatic rings. The van der Waals surface area contributed by atoms with Crippen molar-refractivity contribution in [3.05, 3.63) is 0 Å². The summed E-state index contributed by atoms with van der Waals surface area (Å²) in [6.07, 6.45) is 3.70. The van der Waals surface area contributed by atoms with E-state index in [2.05, 4.69) is 16.7 Å². The molecule has 0 bridgehead atoms. The smallest absolute Gasteiger partial charge is 0.0695 e. The van der Waals surface area contributed by atoms with Gasteiger partial charge in [0.15, 0.2) is 0 Å². The highest BCUT2D eigenvalue weighted by Gasteiger charge is 2.31. The number of hydrogen-bond donors (Lipinski definition) is 1. The van der Waals surface area contributed by atoms with Crippen LogP contribution in [0.5, 0.6) is 0 Å². The van der Waals surface area contributed by atoms with Gasteiger partial charge in [0.25, 0.3) is 0 Å². The second kappa shape index (κ2) is 5.28. The lowest BCUT2D eigenvalue weighted by Gasteiger charge is -2.35. The van der Waals surface area contributed by atoms with Crippen LogP contribution in [0, 0.1) is 5.92 Å². The van der Waals surface area contributed by atoms with Crippen molar-refractivity contribution in [3.63, 3.8) is 0 Å². The van der Waals surface area contributed by atoms with Crippen LogP contribution < -0.4 is 0 Å². The van der Waals surface area contributed by atoms with Crippen LogP contribution in [0.4, 0.5) is 0 Å². The minimum Gasteiger partial charge on any atom is -0.392 e. The van der Waals surface area contributed by atoms with E-state index in [0.717, 1.165) is 19.6 Å². The van der Waals surface area contributed by atoms with Gasteiger partial charge in [-0.1, -0.05) is 6.92 Å². The van der Waals surface area contributed by atoms with Crippen LogP contribution in [0.3, 0.4) is 0 Å². The number of piperazine rings is 1. The fourth-order valence-corrected chi connectivity index (χ4v) is 2.41. The molecule has 0 aromatic rings. The van der Waals surface area contributed by atoms with E-state index in [1.807, 2.05) is 0 Å². The molecule has 3 heteroatoms. The predicted molar refractivity (Wildman–Crippen MR) is 61.9 cm³/mol. The first-order valence-corrected chi connectivity index (χ1v) is 6.42. The highest BCUT2D eigenvalue weighted by Crippen LogP contribution is 2.32. The lowest BCUT2D eigenvalue weighted by molar-refractivity contribution is 0.0623. The molecule has 0 spiro atoms. The summed E-state index contributed by atoms with van der Waals surface area (Å²) in [5.74, 6) is 0.624. The number of hydrogen-bond acceptors (Lipinski definition) is 3. The average Bonchev–Trinajstić information content (AvgIpc) is 3.04. The maximum absolute atomic E-state index is 9.86. The SMILES string of the molecule is CCCN1CCN(CC(O)C2CC2)CC1. The highest BCUT2D eigenvalue weighted by atomic mass is 16.3. The van der Waals surface area contributed by atoms with Gasteiger partial charge in [-0.25, -0.2) is 0 Å². The van der Waals surface area contributed by atoms with Crippen LogP contribution in [0.1, 0.15) is 26.2 Å². The minimum atomic E-state index is -0.0530. The van der Waals surface area contributed by atoms with Crippen molar-refractivity contribution in [2.24, 2.45) is 5.92 Å². The van der Waals surface area contributed by atoms with E-state index in [4.69, 9.17) is 0 Å². The molecule has 3 nitrogen and oxygen atoms in total. The Morgan fingerprint density at radius 1 is 1.13 bits per heavy atom.